The van der Waals surface area contributed by atoms with Gasteiger partial charge in [0.2, 0.25) is 0 Å². The van der Waals surface area contributed by atoms with Crippen LogP contribution in [0.15, 0.2) is 59.9 Å². The lowest BCUT2D eigenvalue weighted by molar-refractivity contribution is 0.0690. The Kier molecular flexibility index (Phi) is 7.25. The lowest BCUT2D eigenvalue weighted by atomic mass is 10.0. The van der Waals surface area contributed by atoms with Crippen molar-refractivity contribution in [2.24, 2.45) is 16.8 Å². The standard InChI is InChI=1S/C26H30N4O4/c1-3-5-7-19(15-27-4-2)18-8-6-9-22(12-18)34-23-13-20-16-29(17-21(20)14-23)26(33)30-11-10-24(28-30)25(31)32/h4-12,15,20-21,23H,3,13-14,16-17H2,1-2H3,(H,31,32)/b7-5+,19-15+,27-4?. The van der Waals surface area contributed by atoms with Gasteiger partial charge in [-0.1, -0.05) is 31.2 Å². The summed E-state index contributed by atoms with van der Waals surface area (Å²) < 4.78 is 7.46. The molecular formula is C26H30N4O4. The van der Waals surface area contributed by atoms with Crippen LogP contribution in [-0.2, 0) is 0 Å². The number of aromatic carboxylic acids is 1. The molecule has 34 heavy (non-hydrogen) atoms. The maximum Gasteiger partial charge on any atom is 0.356 e. The zero-order valence-electron chi connectivity index (χ0n) is 19.5. The summed E-state index contributed by atoms with van der Waals surface area (Å²) in [4.78, 5) is 29.8. The molecule has 8 heteroatoms. The third-order valence-corrected chi connectivity index (χ3v) is 6.35. The molecule has 2 aliphatic rings. The Morgan fingerprint density at radius 3 is 2.65 bits per heavy atom. The van der Waals surface area contributed by atoms with Crippen LogP contribution in [0.3, 0.4) is 0 Å². The Balaban J connectivity index is 1.37. The number of hydrogen-bond acceptors (Lipinski definition) is 5. The predicted molar refractivity (Wildman–Crippen MR) is 130 cm³/mol. The largest absolute Gasteiger partial charge is 0.490 e. The molecule has 1 aromatic heterocycles. The van der Waals surface area contributed by atoms with Crippen LogP contribution in [0.2, 0.25) is 0 Å². The molecule has 1 aliphatic heterocycles. The second-order valence-corrected chi connectivity index (χ2v) is 8.70. The van der Waals surface area contributed by atoms with Crippen molar-refractivity contribution in [3.05, 3.63) is 66.1 Å². The summed E-state index contributed by atoms with van der Waals surface area (Å²) in [5.41, 5.74) is 1.96. The van der Waals surface area contributed by atoms with Gasteiger partial charge in [-0.3, -0.25) is 4.99 Å². The van der Waals surface area contributed by atoms with Crippen molar-refractivity contribution in [3.8, 4) is 5.75 Å². The van der Waals surface area contributed by atoms with Crippen molar-refractivity contribution in [1.29, 1.82) is 0 Å². The average molecular weight is 463 g/mol. The van der Waals surface area contributed by atoms with Crippen molar-refractivity contribution in [2.45, 2.75) is 39.2 Å². The number of allylic oxidation sites excluding steroid dienone is 3. The number of benzene rings is 1. The molecular weight excluding hydrogens is 432 g/mol. The monoisotopic (exact) mass is 462 g/mol. The summed E-state index contributed by atoms with van der Waals surface area (Å²) in [5.74, 6) is 0.433. The Morgan fingerprint density at radius 1 is 1.24 bits per heavy atom. The highest BCUT2D eigenvalue weighted by atomic mass is 16.5. The van der Waals surface area contributed by atoms with Crippen molar-refractivity contribution >= 4 is 23.8 Å². The second kappa shape index (κ2) is 10.5. The van der Waals surface area contributed by atoms with Gasteiger partial charge in [0.1, 0.15) is 5.75 Å². The first-order chi connectivity index (χ1) is 16.5. The molecule has 1 amide bonds. The van der Waals surface area contributed by atoms with Gasteiger partial charge in [-0.25, -0.2) is 9.59 Å². The fourth-order valence-corrected chi connectivity index (χ4v) is 4.74. The Morgan fingerprint density at radius 2 is 2.00 bits per heavy atom. The third-order valence-electron chi connectivity index (χ3n) is 6.35. The van der Waals surface area contributed by atoms with E-state index in [1.165, 1.54) is 12.3 Å². The molecule has 2 atom stereocenters. The van der Waals surface area contributed by atoms with E-state index in [4.69, 9.17) is 9.84 Å². The Labute approximate surface area is 199 Å². The summed E-state index contributed by atoms with van der Waals surface area (Å²) in [6, 6.07) is 9.15. The van der Waals surface area contributed by atoms with Crippen LogP contribution >= 0.6 is 0 Å². The maximum absolute atomic E-state index is 12.7. The molecule has 1 saturated heterocycles. The number of carbonyl (C=O) groups excluding carboxylic acids is 1. The van der Waals surface area contributed by atoms with Gasteiger partial charge in [-0.05, 0) is 67.4 Å². The molecule has 0 radical (unpaired) electrons. The van der Waals surface area contributed by atoms with Crippen LogP contribution in [0.1, 0.15) is 49.2 Å². The SMILES string of the molecule is CC=N/C=C(\C=C\CC)c1cccc(OC2CC3CN(C(=O)n4ccc(C(=O)O)n4)CC3C2)c1. The van der Waals surface area contributed by atoms with E-state index in [-0.39, 0.29) is 17.8 Å². The van der Waals surface area contributed by atoms with Crippen molar-refractivity contribution in [2.75, 3.05) is 13.1 Å². The Hall–Kier alpha value is -3.68. The minimum atomic E-state index is -1.14. The fraction of sp³-hybridized carbons (Fsp3) is 0.385. The molecule has 2 aromatic rings. The summed E-state index contributed by atoms with van der Waals surface area (Å²) >= 11 is 0. The van der Waals surface area contributed by atoms with Gasteiger partial charge >= 0.3 is 12.0 Å². The minimum Gasteiger partial charge on any atom is -0.490 e. The van der Waals surface area contributed by atoms with E-state index in [0.29, 0.717) is 24.9 Å². The minimum absolute atomic E-state index is 0.109. The van der Waals surface area contributed by atoms with Gasteiger partial charge in [-0.2, -0.15) is 9.78 Å². The highest BCUT2D eigenvalue weighted by Crippen LogP contribution is 2.40. The van der Waals surface area contributed by atoms with E-state index in [2.05, 4.69) is 41.3 Å². The van der Waals surface area contributed by atoms with E-state index >= 15 is 0 Å². The molecule has 0 bridgehead atoms. The number of hydrogen-bond donors (Lipinski definition) is 1. The molecule has 1 saturated carbocycles. The average Bonchev–Trinajstić information content (AvgIpc) is 3.54. The topological polar surface area (TPSA) is 97.0 Å². The van der Waals surface area contributed by atoms with Gasteiger partial charge in [0.05, 0.1) is 6.10 Å². The molecule has 2 unspecified atom stereocenters. The van der Waals surface area contributed by atoms with E-state index in [9.17, 15) is 9.59 Å². The summed E-state index contributed by atoms with van der Waals surface area (Å²) in [6.45, 7) is 5.26. The fourth-order valence-electron chi connectivity index (χ4n) is 4.74. The number of carbonyl (C=O) groups is 2. The quantitative estimate of drug-likeness (QED) is 0.474. The number of nitrogens with zero attached hydrogens (tertiary/aromatic N) is 4. The highest BCUT2D eigenvalue weighted by molar-refractivity contribution is 5.86. The molecule has 1 aliphatic carbocycles. The second-order valence-electron chi connectivity index (χ2n) is 8.70. The van der Waals surface area contributed by atoms with E-state index in [1.807, 2.05) is 25.3 Å². The Bertz CT molecular complexity index is 1120. The molecule has 2 fully saturated rings. The van der Waals surface area contributed by atoms with Crippen LogP contribution in [0, 0.1) is 11.8 Å². The van der Waals surface area contributed by atoms with Crippen molar-refractivity contribution < 1.29 is 19.4 Å². The van der Waals surface area contributed by atoms with Gasteiger partial charge in [0.15, 0.2) is 5.69 Å². The maximum atomic E-state index is 12.7. The molecule has 2 heterocycles. The number of aromatic nitrogens is 2. The number of aliphatic imine (C=N–C) groups is 1. The van der Waals surface area contributed by atoms with Gasteiger partial charge < -0.3 is 14.7 Å². The van der Waals surface area contributed by atoms with Crippen molar-refractivity contribution in [1.82, 2.24) is 14.7 Å². The first kappa shape index (κ1) is 23.5. The van der Waals surface area contributed by atoms with E-state index in [0.717, 1.165) is 40.8 Å². The molecule has 178 valence electrons. The van der Waals surface area contributed by atoms with Crippen LogP contribution in [0.5, 0.6) is 5.75 Å². The lowest BCUT2D eigenvalue weighted by Gasteiger charge is -2.20. The predicted octanol–water partition coefficient (Wildman–Crippen LogP) is 4.74. The number of likely N-dealkylation sites (tertiary alicyclic amines) is 1. The van der Waals surface area contributed by atoms with Gasteiger partial charge in [0.25, 0.3) is 0 Å². The van der Waals surface area contributed by atoms with Crippen LogP contribution in [0.25, 0.3) is 5.57 Å². The van der Waals surface area contributed by atoms with Crippen LogP contribution in [0.4, 0.5) is 4.79 Å². The first-order valence-corrected chi connectivity index (χ1v) is 11.7. The molecule has 4 rings (SSSR count). The summed E-state index contributed by atoms with van der Waals surface area (Å²) in [7, 11) is 0. The van der Waals surface area contributed by atoms with Crippen molar-refractivity contribution in [3.63, 3.8) is 0 Å². The van der Waals surface area contributed by atoms with E-state index < -0.39 is 5.97 Å². The molecule has 1 aromatic carbocycles. The number of fused-ring (bicyclic) bond motifs is 1. The van der Waals surface area contributed by atoms with E-state index in [1.54, 1.807) is 11.1 Å². The van der Waals surface area contributed by atoms with Gasteiger partial charge in [-0.15, -0.1) is 0 Å². The number of carboxylic acid groups (broad SMARTS) is 1. The third kappa shape index (κ3) is 5.27. The number of amides is 1. The van der Waals surface area contributed by atoms with Crippen LogP contribution in [-0.4, -0.2) is 57.2 Å². The number of ether oxygens (including phenoxy) is 1. The number of rotatable bonds is 7. The smallest absolute Gasteiger partial charge is 0.356 e. The normalized spacial score (nSPS) is 22.6. The lowest BCUT2D eigenvalue weighted by Crippen LogP contribution is -2.34. The first-order valence-electron chi connectivity index (χ1n) is 11.7. The van der Waals surface area contributed by atoms with Crippen LogP contribution < -0.4 is 4.74 Å². The highest BCUT2D eigenvalue weighted by Gasteiger charge is 2.43. The molecule has 8 nitrogen and oxygen atoms in total. The zero-order valence-corrected chi connectivity index (χ0v) is 19.5. The zero-order chi connectivity index (χ0) is 24.1. The van der Waals surface area contributed by atoms with Gasteiger partial charge in [0, 0.05) is 31.7 Å². The summed E-state index contributed by atoms with van der Waals surface area (Å²) in [5, 5.41) is 12.9. The molecule has 0 spiro atoms. The molecule has 1 N–H and O–H groups in total. The summed E-state index contributed by atoms with van der Waals surface area (Å²) in [6.07, 6.45) is 12.1. The number of carboxylic acids is 1.